The minimum Gasteiger partial charge on any atom is -0.507 e. The van der Waals surface area contributed by atoms with Gasteiger partial charge in [-0.25, -0.2) is 0 Å². The molecule has 13 heavy (non-hydrogen) atoms. The lowest BCUT2D eigenvalue weighted by molar-refractivity contribution is 0.463. The summed E-state index contributed by atoms with van der Waals surface area (Å²) in [5.41, 5.74) is 1.26. The lowest BCUT2D eigenvalue weighted by Crippen LogP contribution is -1.93. The molecule has 0 saturated carbocycles. The minimum atomic E-state index is -0.382. The van der Waals surface area contributed by atoms with E-state index in [1.165, 1.54) is 0 Å². The van der Waals surface area contributed by atoms with Gasteiger partial charge in [0.2, 0.25) is 0 Å². The molecule has 0 saturated heterocycles. The molecule has 2 nitrogen and oxygen atoms in total. The number of nitriles is 1. The Labute approximate surface area is 82.4 Å². The van der Waals surface area contributed by atoms with Crippen molar-refractivity contribution < 1.29 is 5.11 Å². The first-order chi connectivity index (χ1) is 6.07. The third-order valence-electron chi connectivity index (χ3n) is 1.99. The quantitative estimate of drug-likeness (QED) is 0.749. The van der Waals surface area contributed by atoms with Crippen LogP contribution < -0.4 is 0 Å². The first-order valence-corrected chi connectivity index (χ1v) is 4.33. The zero-order chi connectivity index (χ0) is 10.0. The molecule has 0 spiro atoms. The highest BCUT2D eigenvalue weighted by Crippen LogP contribution is 2.34. The van der Waals surface area contributed by atoms with Crippen LogP contribution in [0.5, 0.6) is 5.75 Å². The largest absolute Gasteiger partial charge is 0.507 e. The van der Waals surface area contributed by atoms with E-state index in [2.05, 4.69) is 0 Å². The van der Waals surface area contributed by atoms with E-state index in [0.29, 0.717) is 10.6 Å². The van der Waals surface area contributed by atoms with Crippen molar-refractivity contribution in [3.8, 4) is 11.8 Å². The van der Waals surface area contributed by atoms with Crippen LogP contribution in [0, 0.1) is 18.3 Å². The maximum Gasteiger partial charge on any atom is 0.124 e. The fourth-order valence-corrected chi connectivity index (χ4v) is 1.49. The third-order valence-corrected chi connectivity index (χ3v) is 2.32. The zero-order valence-electron chi connectivity index (χ0n) is 7.50. The SMILES string of the molecule is Cc1ccc(Cl)c(C(C)C#N)c1O. The van der Waals surface area contributed by atoms with Crippen LogP contribution in [0.2, 0.25) is 5.02 Å². The topological polar surface area (TPSA) is 44.0 Å². The van der Waals surface area contributed by atoms with Gasteiger partial charge in [-0.05, 0) is 25.5 Å². The summed E-state index contributed by atoms with van der Waals surface area (Å²) >= 11 is 5.86. The van der Waals surface area contributed by atoms with Gasteiger partial charge in [-0.1, -0.05) is 17.7 Å². The number of phenols is 1. The second kappa shape index (κ2) is 3.68. The molecular weight excluding hydrogens is 186 g/mol. The molecule has 0 aliphatic carbocycles. The molecule has 68 valence electrons. The van der Waals surface area contributed by atoms with Gasteiger partial charge in [-0.2, -0.15) is 5.26 Å². The molecule has 0 aliphatic heterocycles. The molecule has 1 unspecified atom stereocenters. The zero-order valence-corrected chi connectivity index (χ0v) is 8.26. The van der Waals surface area contributed by atoms with Crippen molar-refractivity contribution in [1.29, 1.82) is 5.26 Å². The van der Waals surface area contributed by atoms with E-state index < -0.39 is 0 Å². The fraction of sp³-hybridized carbons (Fsp3) is 0.300. The Hall–Kier alpha value is -1.20. The number of hydrogen-bond donors (Lipinski definition) is 1. The molecule has 0 heterocycles. The van der Waals surface area contributed by atoms with Crippen LogP contribution in [-0.4, -0.2) is 5.11 Å². The molecule has 0 aliphatic rings. The lowest BCUT2D eigenvalue weighted by Gasteiger charge is -2.10. The summed E-state index contributed by atoms with van der Waals surface area (Å²) in [6.07, 6.45) is 0. The van der Waals surface area contributed by atoms with E-state index in [1.807, 2.05) is 6.07 Å². The Morgan fingerprint density at radius 2 is 2.15 bits per heavy atom. The summed E-state index contributed by atoms with van der Waals surface area (Å²) in [7, 11) is 0. The van der Waals surface area contributed by atoms with Crippen molar-refractivity contribution in [2.24, 2.45) is 0 Å². The molecule has 0 amide bonds. The third kappa shape index (κ3) is 1.76. The van der Waals surface area contributed by atoms with E-state index in [4.69, 9.17) is 16.9 Å². The number of hydrogen-bond acceptors (Lipinski definition) is 2. The molecule has 0 fully saturated rings. The summed E-state index contributed by atoms with van der Waals surface area (Å²) in [5.74, 6) is -0.256. The van der Waals surface area contributed by atoms with Gasteiger partial charge in [-0.3, -0.25) is 0 Å². The van der Waals surface area contributed by atoms with Gasteiger partial charge >= 0.3 is 0 Å². The number of benzene rings is 1. The van der Waals surface area contributed by atoms with Gasteiger partial charge in [-0.15, -0.1) is 0 Å². The number of nitrogens with zero attached hydrogens (tertiary/aromatic N) is 1. The highest BCUT2D eigenvalue weighted by Gasteiger charge is 2.15. The van der Waals surface area contributed by atoms with Gasteiger partial charge < -0.3 is 5.11 Å². The Morgan fingerprint density at radius 3 is 2.69 bits per heavy atom. The van der Waals surface area contributed by atoms with E-state index in [-0.39, 0.29) is 11.7 Å². The maximum absolute atomic E-state index is 9.64. The van der Waals surface area contributed by atoms with E-state index in [1.54, 1.807) is 26.0 Å². The molecule has 0 radical (unpaired) electrons. The summed E-state index contributed by atoms with van der Waals surface area (Å²) in [6, 6.07) is 5.47. The number of aromatic hydroxyl groups is 1. The number of phenolic OH excluding ortho intramolecular Hbond substituents is 1. The molecular formula is C10H10ClNO. The average molecular weight is 196 g/mol. The van der Waals surface area contributed by atoms with Gasteiger partial charge in [0.05, 0.1) is 12.0 Å². The standard InChI is InChI=1S/C10H10ClNO/c1-6-3-4-8(11)9(10(6)13)7(2)5-12/h3-4,7,13H,1-2H3. The predicted molar refractivity (Wildman–Crippen MR) is 51.9 cm³/mol. The van der Waals surface area contributed by atoms with Gasteiger partial charge in [0, 0.05) is 10.6 Å². The number of halogens is 1. The van der Waals surface area contributed by atoms with Crippen LogP contribution in [0.25, 0.3) is 0 Å². The van der Waals surface area contributed by atoms with Crippen LogP contribution in [0.4, 0.5) is 0 Å². The lowest BCUT2D eigenvalue weighted by atomic mass is 9.99. The van der Waals surface area contributed by atoms with Crippen LogP contribution in [0.1, 0.15) is 24.0 Å². The summed E-state index contributed by atoms with van der Waals surface area (Å²) < 4.78 is 0. The summed E-state index contributed by atoms with van der Waals surface area (Å²) in [6.45, 7) is 3.49. The molecule has 1 N–H and O–H groups in total. The first kappa shape index (κ1) is 9.88. The van der Waals surface area contributed by atoms with E-state index >= 15 is 0 Å². The highest BCUT2D eigenvalue weighted by molar-refractivity contribution is 6.31. The monoisotopic (exact) mass is 195 g/mol. The van der Waals surface area contributed by atoms with Crippen molar-refractivity contribution in [2.75, 3.05) is 0 Å². The molecule has 1 rings (SSSR count). The first-order valence-electron chi connectivity index (χ1n) is 3.95. The van der Waals surface area contributed by atoms with E-state index in [0.717, 1.165) is 5.56 Å². The fourth-order valence-electron chi connectivity index (χ4n) is 1.17. The van der Waals surface area contributed by atoms with Crippen molar-refractivity contribution in [2.45, 2.75) is 19.8 Å². The summed E-state index contributed by atoms with van der Waals surface area (Å²) in [4.78, 5) is 0. The summed E-state index contributed by atoms with van der Waals surface area (Å²) in [5, 5.41) is 18.8. The molecule has 1 aromatic rings. The maximum atomic E-state index is 9.64. The number of aryl methyl sites for hydroxylation is 1. The average Bonchev–Trinajstić information content (AvgIpc) is 2.12. The van der Waals surface area contributed by atoms with Gasteiger partial charge in [0.25, 0.3) is 0 Å². The van der Waals surface area contributed by atoms with Crippen molar-refractivity contribution in [1.82, 2.24) is 0 Å². The normalized spacial score (nSPS) is 12.2. The Bertz CT molecular complexity index is 368. The highest BCUT2D eigenvalue weighted by atomic mass is 35.5. The van der Waals surface area contributed by atoms with Crippen LogP contribution in [-0.2, 0) is 0 Å². The second-order valence-corrected chi connectivity index (χ2v) is 3.38. The van der Waals surface area contributed by atoms with Crippen molar-refractivity contribution in [3.05, 3.63) is 28.3 Å². The Morgan fingerprint density at radius 1 is 1.54 bits per heavy atom. The minimum absolute atomic E-state index is 0.126. The number of rotatable bonds is 1. The van der Waals surface area contributed by atoms with Crippen molar-refractivity contribution in [3.63, 3.8) is 0 Å². The van der Waals surface area contributed by atoms with E-state index in [9.17, 15) is 5.11 Å². The Kier molecular flexibility index (Phi) is 2.79. The van der Waals surface area contributed by atoms with Crippen LogP contribution in [0.3, 0.4) is 0 Å². The van der Waals surface area contributed by atoms with Crippen LogP contribution >= 0.6 is 11.6 Å². The van der Waals surface area contributed by atoms with Crippen LogP contribution in [0.15, 0.2) is 12.1 Å². The molecule has 1 atom stereocenters. The molecule has 1 aromatic carbocycles. The van der Waals surface area contributed by atoms with Crippen molar-refractivity contribution >= 4 is 11.6 Å². The van der Waals surface area contributed by atoms with Gasteiger partial charge in [0.15, 0.2) is 0 Å². The molecule has 3 heteroatoms. The molecule has 0 aromatic heterocycles. The second-order valence-electron chi connectivity index (χ2n) is 2.98. The molecule has 0 bridgehead atoms. The smallest absolute Gasteiger partial charge is 0.124 e. The Balaban J connectivity index is 3.35. The van der Waals surface area contributed by atoms with Gasteiger partial charge in [0.1, 0.15) is 5.75 Å². The predicted octanol–water partition coefficient (Wildman–Crippen LogP) is 2.98.